The van der Waals surface area contributed by atoms with Crippen molar-refractivity contribution in [2.45, 2.75) is 38.8 Å². The fraction of sp³-hybridized carbons (Fsp3) is 0.625. The average molecular weight is 263 g/mol. The first kappa shape index (κ1) is 14.4. The second-order valence-electron chi connectivity index (χ2n) is 5.24. The highest BCUT2D eigenvalue weighted by Crippen LogP contribution is 2.26. The Morgan fingerprint density at radius 3 is 2.95 bits per heavy atom. The fourth-order valence-corrected chi connectivity index (χ4v) is 2.84. The van der Waals surface area contributed by atoms with Crippen LogP contribution in [0.4, 0.5) is 0 Å². The molecule has 1 fully saturated rings. The predicted molar refractivity (Wildman–Crippen MR) is 77.5 cm³/mol. The molecular formula is C16H25NO2. The summed E-state index contributed by atoms with van der Waals surface area (Å²) in [5.41, 5.74) is 1.22. The Morgan fingerprint density at radius 2 is 2.21 bits per heavy atom. The summed E-state index contributed by atoms with van der Waals surface area (Å²) < 4.78 is 11.1. The number of hydrogen-bond donors (Lipinski definition) is 1. The first-order valence-electron chi connectivity index (χ1n) is 7.24. The minimum atomic E-state index is 0.300. The number of methoxy groups -OCH3 is 1. The van der Waals surface area contributed by atoms with E-state index in [1.165, 1.54) is 12.0 Å². The van der Waals surface area contributed by atoms with Crippen LogP contribution in [0.25, 0.3) is 0 Å². The lowest BCUT2D eigenvalue weighted by molar-refractivity contribution is 0.0867. The van der Waals surface area contributed by atoms with Crippen molar-refractivity contribution in [1.82, 2.24) is 5.32 Å². The molecule has 0 saturated carbocycles. The molecule has 3 atom stereocenters. The molecule has 1 heterocycles. The molecule has 3 unspecified atom stereocenters. The highest BCUT2D eigenvalue weighted by Gasteiger charge is 2.26. The van der Waals surface area contributed by atoms with Crippen LogP contribution in [0.15, 0.2) is 24.3 Å². The predicted octanol–water partition coefficient (Wildman–Crippen LogP) is 3.16. The van der Waals surface area contributed by atoms with Crippen molar-refractivity contribution >= 4 is 0 Å². The smallest absolute Gasteiger partial charge is 0.123 e. The summed E-state index contributed by atoms with van der Waals surface area (Å²) in [6.07, 6.45) is 2.71. The van der Waals surface area contributed by atoms with Crippen molar-refractivity contribution in [3.05, 3.63) is 29.8 Å². The summed E-state index contributed by atoms with van der Waals surface area (Å²) in [4.78, 5) is 0. The van der Waals surface area contributed by atoms with Crippen LogP contribution >= 0.6 is 0 Å². The van der Waals surface area contributed by atoms with Gasteiger partial charge in [0.25, 0.3) is 0 Å². The van der Waals surface area contributed by atoms with E-state index < -0.39 is 0 Å². The number of rotatable bonds is 6. The van der Waals surface area contributed by atoms with E-state index in [4.69, 9.17) is 9.47 Å². The van der Waals surface area contributed by atoms with Gasteiger partial charge in [-0.05, 0) is 31.7 Å². The van der Waals surface area contributed by atoms with E-state index in [1.54, 1.807) is 7.11 Å². The Hall–Kier alpha value is -1.06. The standard InChI is InChI=1S/C16H25NO2/c1-4-15-13(9-10-19-15)11-17-12(2)14-7-5-6-8-16(14)18-3/h5-8,12-13,15,17H,4,9-11H2,1-3H3. The van der Waals surface area contributed by atoms with Gasteiger partial charge in [0, 0.05) is 24.8 Å². The van der Waals surface area contributed by atoms with Gasteiger partial charge in [0.2, 0.25) is 0 Å². The third kappa shape index (κ3) is 3.48. The molecule has 0 aromatic heterocycles. The Morgan fingerprint density at radius 1 is 1.42 bits per heavy atom. The molecule has 0 aliphatic carbocycles. The molecule has 0 spiro atoms. The van der Waals surface area contributed by atoms with Crippen LogP contribution in [0.2, 0.25) is 0 Å². The van der Waals surface area contributed by atoms with Gasteiger partial charge in [0.05, 0.1) is 13.2 Å². The minimum Gasteiger partial charge on any atom is -0.496 e. The lowest BCUT2D eigenvalue weighted by Crippen LogP contribution is -2.30. The van der Waals surface area contributed by atoms with Gasteiger partial charge in [0.1, 0.15) is 5.75 Å². The van der Waals surface area contributed by atoms with Gasteiger partial charge in [-0.15, -0.1) is 0 Å². The SMILES string of the molecule is CCC1OCCC1CNC(C)c1ccccc1OC. The van der Waals surface area contributed by atoms with Gasteiger partial charge in [-0.1, -0.05) is 25.1 Å². The topological polar surface area (TPSA) is 30.5 Å². The van der Waals surface area contributed by atoms with Crippen molar-refractivity contribution in [1.29, 1.82) is 0 Å². The van der Waals surface area contributed by atoms with Crippen LogP contribution in [0, 0.1) is 5.92 Å². The third-order valence-corrected chi connectivity index (χ3v) is 4.04. The Balaban J connectivity index is 1.92. The maximum Gasteiger partial charge on any atom is 0.123 e. The number of ether oxygens (including phenoxy) is 2. The zero-order valence-electron chi connectivity index (χ0n) is 12.2. The van der Waals surface area contributed by atoms with E-state index in [-0.39, 0.29) is 0 Å². The normalized spacial score (nSPS) is 24.4. The number of hydrogen-bond acceptors (Lipinski definition) is 3. The van der Waals surface area contributed by atoms with Crippen LogP contribution in [-0.4, -0.2) is 26.4 Å². The first-order chi connectivity index (χ1) is 9.26. The summed E-state index contributed by atoms with van der Waals surface area (Å²) in [5, 5.41) is 3.62. The van der Waals surface area contributed by atoms with Crippen LogP contribution in [-0.2, 0) is 4.74 Å². The Bertz CT molecular complexity index is 394. The lowest BCUT2D eigenvalue weighted by Gasteiger charge is -2.22. The molecule has 3 heteroatoms. The zero-order valence-corrected chi connectivity index (χ0v) is 12.2. The summed E-state index contributed by atoms with van der Waals surface area (Å²) in [6, 6.07) is 8.51. The number of benzene rings is 1. The Kier molecular flexibility index (Phi) is 5.23. The second-order valence-corrected chi connectivity index (χ2v) is 5.24. The van der Waals surface area contributed by atoms with Crippen molar-refractivity contribution in [3.63, 3.8) is 0 Å². The van der Waals surface area contributed by atoms with E-state index in [9.17, 15) is 0 Å². The van der Waals surface area contributed by atoms with Crippen LogP contribution < -0.4 is 10.1 Å². The van der Waals surface area contributed by atoms with Crippen molar-refractivity contribution < 1.29 is 9.47 Å². The summed E-state index contributed by atoms with van der Waals surface area (Å²) in [5.74, 6) is 1.60. The van der Waals surface area contributed by atoms with Gasteiger partial charge in [-0.2, -0.15) is 0 Å². The molecule has 1 aliphatic rings. The molecule has 0 radical (unpaired) electrons. The average Bonchev–Trinajstić information content (AvgIpc) is 2.92. The van der Waals surface area contributed by atoms with Gasteiger partial charge in [-0.3, -0.25) is 0 Å². The molecule has 1 N–H and O–H groups in total. The minimum absolute atomic E-state index is 0.300. The Labute approximate surface area is 116 Å². The summed E-state index contributed by atoms with van der Waals surface area (Å²) >= 11 is 0. The highest BCUT2D eigenvalue weighted by molar-refractivity contribution is 5.35. The second kappa shape index (κ2) is 6.92. The molecule has 0 amide bonds. The van der Waals surface area contributed by atoms with Crippen molar-refractivity contribution in [2.24, 2.45) is 5.92 Å². The quantitative estimate of drug-likeness (QED) is 0.855. The molecule has 0 bridgehead atoms. The van der Waals surface area contributed by atoms with E-state index >= 15 is 0 Å². The molecule has 1 saturated heterocycles. The molecule has 2 rings (SSSR count). The zero-order chi connectivity index (χ0) is 13.7. The van der Waals surface area contributed by atoms with Gasteiger partial charge in [0.15, 0.2) is 0 Å². The molecule has 1 aliphatic heterocycles. The van der Waals surface area contributed by atoms with Gasteiger partial charge < -0.3 is 14.8 Å². The molecule has 19 heavy (non-hydrogen) atoms. The first-order valence-corrected chi connectivity index (χ1v) is 7.24. The van der Waals surface area contributed by atoms with E-state index in [2.05, 4.69) is 31.3 Å². The number of nitrogens with one attached hydrogen (secondary N) is 1. The highest BCUT2D eigenvalue weighted by atomic mass is 16.5. The maximum absolute atomic E-state index is 5.73. The van der Waals surface area contributed by atoms with Gasteiger partial charge >= 0.3 is 0 Å². The van der Waals surface area contributed by atoms with Crippen LogP contribution in [0.1, 0.15) is 38.3 Å². The lowest BCUT2D eigenvalue weighted by atomic mass is 9.98. The molecular weight excluding hydrogens is 238 g/mol. The van der Waals surface area contributed by atoms with Gasteiger partial charge in [-0.25, -0.2) is 0 Å². The largest absolute Gasteiger partial charge is 0.496 e. The van der Waals surface area contributed by atoms with Crippen LogP contribution in [0.3, 0.4) is 0 Å². The molecule has 1 aromatic carbocycles. The summed E-state index contributed by atoms with van der Waals surface area (Å²) in [7, 11) is 1.73. The fourth-order valence-electron chi connectivity index (χ4n) is 2.84. The van der Waals surface area contributed by atoms with E-state index in [0.29, 0.717) is 18.1 Å². The van der Waals surface area contributed by atoms with Crippen molar-refractivity contribution in [3.8, 4) is 5.75 Å². The molecule has 1 aromatic rings. The third-order valence-electron chi connectivity index (χ3n) is 4.04. The van der Waals surface area contributed by atoms with E-state index in [1.807, 2.05) is 12.1 Å². The molecule has 3 nitrogen and oxygen atoms in total. The maximum atomic E-state index is 5.73. The van der Waals surface area contributed by atoms with Crippen molar-refractivity contribution in [2.75, 3.05) is 20.3 Å². The van der Waals surface area contributed by atoms with Crippen LogP contribution in [0.5, 0.6) is 5.75 Å². The molecule has 106 valence electrons. The monoisotopic (exact) mass is 263 g/mol. The summed E-state index contributed by atoms with van der Waals surface area (Å²) in [6.45, 7) is 6.31. The van der Waals surface area contributed by atoms with E-state index in [0.717, 1.165) is 25.3 Å². The number of para-hydroxylation sites is 1.